The van der Waals surface area contributed by atoms with Crippen molar-refractivity contribution in [2.24, 2.45) is 5.73 Å². The highest BCUT2D eigenvalue weighted by atomic mass is 19.1. The van der Waals surface area contributed by atoms with E-state index in [-0.39, 0.29) is 11.8 Å². The lowest BCUT2D eigenvalue weighted by molar-refractivity contribution is 0.0547. The molecule has 166 valence electrons. The number of hydrogen-bond acceptors (Lipinski definition) is 9. The van der Waals surface area contributed by atoms with Crippen molar-refractivity contribution in [3.8, 4) is 6.01 Å². The SMILES string of the molecule is CCCCOc1nc(NCCOCCOCCN)nc(NCc2ccc(F)cc2)n1. The van der Waals surface area contributed by atoms with Crippen LogP contribution < -0.4 is 21.1 Å². The molecule has 0 aliphatic rings. The van der Waals surface area contributed by atoms with Crippen molar-refractivity contribution in [2.45, 2.75) is 26.3 Å². The summed E-state index contributed by atoms with van der Waals surface area (Å²) in [5.41, 5.74) is 6.26. The van der Waals surface area contributed by atoms with Gasteiger partial charge < -0.3 is 30.6 Å². The minimum Gasteiger partial charge on any atom is -0.463 e. The number of anilines is 2. The van der Waals surface area contributed by atoms with Gasteiger partial charge in [0.05, 0.1) is 33.0 Å². The van der Waals surface area contributed by atoms with Crippen molar-refractivity contribution >= 4 is 11.9 Å². The Bertz CT molecular complexity index is 720. The first-order valence-corrected chi connectivity index (χ1v) is 10.2. The van der Waals surface area contributed by atoms with Crippen LogP contribution in [0.2, 0.25) is 0 Å². The zero-order valence-corrected chi connectivity index (χ0v) is 17.4. The molecule has 2 rings (SSSR count). The van der Waals surface area contributed by atoms with Crippen LogP contribution in [0.4, 0.5) is 16.3 Å². The van der Waals surface area contributed by atoms with E-state index in [4.69, 9.17) is 19.9 Å². The van der Waals surface area contributed by atoms with Crippen LogP contribution in [0, 0.1) is 5.82 Å². The van der Waals surface area contributed by atoms with E-state index in [1.54, 1.807) is 12.1 Å². The fourth-order valence-electron chi connectivity index (χ4n) is 2.31. The molecule has 1 aromatic heterocycles. The molecular weight excluding hydrogens is 391 g/mol. The van der Waals surface area contributed by atoms with Crippen LogP contribution >= 0.6 is 0 Å². The number of nitrogens with zero attached hydrogens (tertiary/aromatic N) is 3. The Morgan fingerprint density at radius 3 is 2.30 bits per heavy atom. The zero-order valence-electron chi connectivity index (χ0n) is 17.4. The summed E-state index contributed by atoms with van der Waals surface area (Å²) in [4.78, 5) is 12.9. The molecule has 9 nitrogen and oxygen atoms in total. The minimum absolute atomic E-state index is 0.249. The number of aromatic nitrogens is 3. The van der Waals surface area contributed by atoms with Crippen molar-refractivity contribution in [3.05, 3.63) is 35.6 Å². The van der Waals surface area contributed by atoms with Gasteiger partial charge in [0.1, 0.15) is 5.82 Å². The maximum absolute atomic E-state index is 13.1. The number of ether oxygens (including phenoxy) is 3. The molecule has 0 aliphatic heterocycles. The molecule has 0 spiro atoms. The summed E-state index contributed by atoms with van der Waals surface area (Å²) in [6, 6.07) is 6.49. The monoisotopic (exact) mass is 422 g/mol. The quantitative estimate of drug-likeness (QED) is 0.350. The fraction of sp³-hybridized carbons (Fsp3) is 0.550. The first-order chi connectivity index (χ1) is 14.7. The van der Waals surface area contributed by atoms with Crippen LogP contribution in [-0.4, -0.2) is 61.1 Å². The topological polar surface area (TPSA) is 116 Å². The van der Waals surface area contributed by atoms with Gasteiger partial charge in [-0.15, -0.1) is 0 Å². The van der Waals surface area contributed by atoms with Gasteiger partial charge in [-0.05, 0) is 24.1 Å². The van der Waals surface area contributed by atoms with Crippen molar-refractivity contribution < 1.29 is 18.6 Å². The van der Waals surface area contributed by atoms with Crippen LogP contribution in [-0.2, 0) is 16.0 Å². The summed E-state index contributed by atoms with van der Waals surface area (Å²) in [5, 5.41) is 6.23. The van der Waals surface area contributed by atoms with Crippen LogP contribution in [0.5, 0.6) is 6.01 Å². The summed E-state index contributed by atoms with van der Waals surface area (Å²) in [6.07, 6.45) is 1.92. The van der Waals surface area contributed by atoms with Gasteiger partial charge in [-0.2, -0.15) is 15.0 Å². The standard InChI is InChI=1S/C20H31FN6O3/c1-2-3-10-30-20-26-18(23-9-12-29-14-13-28-11-8-22)25-19(27-20)24-15-16-4-6-17(21)7-5-16/h4-7H,2-3,8-15,22H2,1H3,(H2,23,24,25,26,27). The van der Waals surface area contributed by atoms with Crippen LogP contribution in [0.3, 0.4) is 0 Å². The number of rotatable bonds is 16. The number of benzene rings is 1. The van der Waals surface area contributed by atoms with Gasteiger partial charge >= 0.3 is 6.01 Å². The maximum atomic E-state index is 13.1. The maximum Gasteiger partial charge on any atom is 0.323 e. The molecule has 0 fully saturated rings. The first-order valence-electron chi connectivity index (χ1n) is 10.2. The van der Waals surface area contributed by atoms with Gasteiger partial charge in [-0.1, -0.05) is 25.5 Å². The normalized spacial score (nSPS) is 10.8. The summed E-state index contributed by atoms with van der Waals surface area (Å²) in [7, 11) is 0. The molecule has 0 unspecified atom stereocenters. The van der Waals surface area contributed by atoms with Gasteiger partial charge in [0.25, 0.3) is 0 Å². The smallest absolute Gasteiger partial charge is 0.323 e. The molecule has 0 saturated carbocycles. The molecule has 10 heteroatoms. The van der Waals surface area contributed by atoms with Crippen LogP contribution in [0.1, 0.15) is 25.3 Å². The lowest BCUT2D eigenvalue weighted by atomic mass is 10.2. The van der Waals surface area contributed by atoms with E-state index in [1.807, 2.05) is 0 Å². The molecule has 0 aliphatic carbocycles. The molecule has 1 aromatic carbocycles. The van der Waals surface area contributed by atoms with Crippen molar-refractivity contribution in [3.63, 3.8) is 0 Å². The highest BCUT2D eigenvalue weighted by Crippen LogP contribution is 2.13. The number of nitrogens with two attached hydrogens (primary N) is 1. The van der Waals surface area contributed by atoms with E-state index < -0.39 is 0 Å². The average molecular weight is 423 g/mol. The van der Waals surface area contributed by atoms with Crippen molar-refractivity contribution in [2.75, 3.05) is 56.8 Å². The second kappa shape index (κ2) is 14.4. The Hall–Kier alpha value is -2.56. The zero-order chi connectivity index (χ0) is 21.4. The molecular formula is C20H31FN6O3. The predicted molar refractivity (Wildman–Crippen MR) is 113 cm³/mol. The highest BCUT2D eigenvalue weighted by Gasteiger charge is 2.08. The first kappa shape index (κ1) is 23.7. The number of halogens is 1. The van der Waals surface area contributed by atoms with Gasteiger partial charge in [0.2, 0.25) is 11.9 Å². The number of nitrogens with one attached hydrogen (secondary N) is 2. The third-order valence-electron chi connectivity index (χ3n) is 3.87. The van der Waals surface area contributed by atoms with Gasteiger partial charge in [0.15, 0.2) is 0 Å². The fourth-order valence-corrected chi connectivity index (χ4v) is 2.31. The van der Waals surface area contributed by atoms with Crippen LogP contribution in [0.15, 0.2) is 24.3 Å². The van der Waals surface area contributed by atoms with E-state index in [1.165, 1.54) is 12.1 Å². The van der Waals surface area contributed by atoms with Crippen LogP contribution in [0.25, 0.3) is 0 Å². The summed E-state index contributed by atoms with van der Waals surface area (Å²) in [6.45, 7) is 6.09. The molecule has 0 bridgehead atoms. The van der Waals surface area contributed by atoms with Crippen molar-refractivity contribution in [1.29, 1.82) is 0 Å². The lowest BCUT2D eigenvalue weighted by Crippen LogP contribution is -2.17. The number of unbranched alkanes of at least 4 members (excludes halogenated alkanes) is 1. The molecule has 2 aromatic rings. The Labute approximate surface area is 176 Å². The molecule has 0 radical (unpaired) electrons. The summed E-state index contributed by atoms with van der Waals surface area (Å²) < 4.78 is 29.4. The lowest BCUT2D eigenvalue weighted by Gasteiger charge is -2.11. The molecule has 0 saturated heterocycles. The van der Waals surface area contributed by atoms with Gasteiger partial charge in [-0.3, -0.25) is 0 Å². The highest BCUT2D eigenvalue weighted by molar-refractivity contribution is 5.36. The van der Waals surface area contributed by atoms with Crippen molar-refractivity contribution in [1.82, 2.24) is 15.0 Å². The van der Waals surface area contributed by atoms with E-state index in [0.717, 1.165) is 18.4 Å². The van der Waals surface area contributed by atoms with Gasteiger partial charge in [0, 0.05) is 19.6 Å². The molecule has 4 N–H and O–H groups in total. The Kier molecular flexibility index (Phi) is 11.4. The largest absolute Gasteiger partial charge is 0.463 e. The van der Waals surface area contributed by atoms with E-state index >= 15 is 0 Å². The Balaban J connectivity index is 1.86. The second-order valence-corrected chi connectivity index (χ2v) is 6.39. The predicted octanol–water partition coefficient (Wildman–Crippen LogP) is 2.21. The van der Waals surface area contributed by atoms with E-state index in [0.29, 0.717) is 64.6 Å². The molecule has 0 atom stereocenters. The summed E-state index contributed by atoms with van der Waals surface area (Å²) in [5.74, 6) is 0.491. The molecule has 0 amide bonds. The summed E-state index contributed by atoms with van der Waals surface area (Å²) >= 11 is 0. The van der Waals surface area contributed by atoms with E-state index in [2.05, 4.69) is 32.5 Å². The number of hydrogen-bond donors (Lipinski definition) is 3. The minimum atomic E-state index is -0.273. The van der Waals surface area contributed by atoms with Gasteiger partial charge in [-0.25, -0.2) is 4.39 Å². The third-order valence-corrected chi connectivity index (χ3v) is 3.87. The molecule has 1 heterocycles. The second-order valence-electron chi connectivity index (χ2n) is 6.39. The van der Waals surface area contributed by atoms with E-state index in [9.17, 15) is 4.39 Å². The third kappa shape index (κ3) is 9.77. The average Bonchev–Trinajstić information content (AvgIpc) is 2.75. The molecule has 30 heavy (non-hydrogen) atoms. The Morgan fingerprint density at radius 1 is 0.900 bits per heavy atom. The Morgan fingerprint density at radius 2 is 1.60 bits per heavy atom.